The Morgan fingerprint density at radius 3 is 2.68 bits per heavy atom. The molecule has 3 rings (SSSR count). The van der Waals surface area contributed by atoms with Gasteiger partial charge < -0.3 is 5.32 Å². The highest BCUT2D eigenvalue weighted by atomic mass is 19.4. The molecule has 10 heteroatoms. The minimum Gasteiger partial charge on any atom is -0.323 e. The summed E-state index contributed by atoms with van der Waals surface area (Å²) in [7, 11) is 0. The third-order valence-corrected chi connectivity index (χ3v) is 4.03. The molecule has 2 aromatic heterocycles. The molecule has 0 aliphatic carbocycles. The fourth-order valence-electron chi connectivity index (χ4n) is 2.62. The van der Waals surface area contributed by atoms with Crippen LogP contribution in [0.2, 0.25) is 0 Å². The number of halogens is 4. The molecule has 0 atom stereocenters. The lowest BCUT2D eigenvalue weighted by molar-refractivity contribution is -0.141. The number of aromatic nitrogens is 4. The molecule has 3 aromatic rings. The van der Waals surface area contributed by atoms with Gasteiger partial charge in [-0.2, -0.15) is 23.4 Å². The molecule has 0 unspecified atom stereocenters. The first-order valence-electron chi connectivity index (χ1n) is 8.40. The van der Waals surface area contributed by atoms with Gasteiger partial charge in [-0.1, -0.05) is 18.2 Å². The van der Waals surface area contributed by atoms with Crippen LogP contribution in [0.4, 0.5) is 23.2 Å². The maximum atomic E-state index is 13.7. The van der Waals surface area contributed by atoms with Crippen LogP contribution >= 0.6 is 0 Å². The van der Waals surface area contributed by atoms with Gasteiger partial charge in [0.1, 0.15) is 5.82 Å². The molecular formula is C18H17F4N5O. The summed E-state index contributed by atoms with van der Waals surface area (Å²) < 4.78 is 54.3. The summed E-state index contributed by atoms with van der Waals surface area (Å²) in [5.41, 5.74) is 0.199. The molecule has 2 heterocycles. The van der Waals surface area contributed by atoms with E-state index in [-0.39, 0.29) is 25.3 Å². The van der Waals surface area contributed by atoms with Crippen LogP contribution in [0, 0.1) is 12.7 Å². The van der Waals surface area contributed by atoms with E-state index in [0.29, 0.717) is 16.9 Å². The molecule has 6 nitrogen and oxygen atoms in total. The zero-order valence-electron chi connectivity index (χ0n) is 14.9. The molecule has 0 fully saturated rings. The molecule has 1 aromatic carbocycles. The van der Waals surface area contributed by atoms with Crippen LogP contribution in [0.3, 0.4) is 0 Å². The second kappa shape index (κ2) is 7.83. The SMILES string of the molecule is Cc1cc(C(F)(F)F)nn1CCC(=O)Nc1cnn(Cc2ccccc2F)c1. The van der Waals surface area contributed by atoms with Crippen molar-refractivity contribution in [3.63, 3.8) is 0 Å². The van der Waals surface area contributed by atoms with E-state index in [4.69, 9.17) is 0 Å². The molecule has 148 valence electrons. The normalized spacial score (nSPS) is 11.6. The topological polar surface area (TPSA) is 64.7 Å². The number of rotatable bonds is 6. The largest absolute Gasteiger partial charge is 0.435 e. The third-order valence-electron chi connectivity index (χ3n) is 4.03. The van der Waals surface area contributed by atoms with E-state index in [9.17, 15) is 22.4 Å². The Morgan fingerprint density at radius 1 is 1.25 bits per heavy atom. The van der Waals surface area contributed by atoms with Gasteiger partial charge in [-0.25, -0.2) is 4.39 Å². The first-order chi connectivity index (χ1) is 13.2. The second-order valence-corrected chi connectivity index (χ2v) is 6.21. The Hall–Kier alpha value is -3.17. The maximum absolute atomic E-state index is 13.7. The van der Waals surface area contributed by atoms with Gasteiger partial charge in [-0.15, -0.1) is 0 Å². The summed E-state index contributed by atoms with van der Waals surface area (Å²) in [6, 6.07) is 7.23. The number of anilines is 1. The van der Waals surface area contributed by atoms with Crippen LogP contribution in [0.25, 0.3) is 0 Å². The van der Waals surface area contributed by atoms with E-state index in [2.05, 4.69) is 15.5 Å². The molecule has 28 heavy (non-hydrogen) atoms. The van der Waals surface area contributed by atoms with Gasteiger partial charge in [0.25, 0.3) is 0 Å². The zero-order valence-corrected chi connectivity index (χ0v) is 14.9. The van der Waals surface area contributed by atoms with Crippen molar-refractivity contribution in [2.45, 2.75) is 32.6 Å². The fraction of sp³-hybridized carbons (Fsp3) is 0.278. The van der Waals surface area contributed by atoms with Gasteiger partial charge >= 0.3 is 6.18 Å². The number of alkyl halides is 3. The predicted octanol–water partition coefficient (Wildman–Crippen LogP) is 3.62. The first-order valence-corrected chi connectivity index (χ1v) is 8.40. The number of carbonyl (C=O) groups is 1. The highest BCUT2D eigenvalue weighted by molar-refractivity contribution is 5.90. The van der Waals surface area contributed by atoms with Gasteiger partial charge in [0.2, 0.25) is 5.91 Å². The Kier molecular flexibility index (Phi) is 5.48. The Labute approximate surface area is 157 Å². The van der Waals surface area contributed by atoms with Crippen molar-refractivity contribution in [2.75, 3.05) is 5.32 Å². The van der Waals surface area contributed by atoms with Crippen molar-refractivity contribution in [3.8, 4) is 0 Å². The lowest BCUT2D eigenvalue weighted by Gasteiger charge is -2.05. The molecular weight excluding hydrogens is 378 g/mol. The molecule has 0 aliphatic heterocycles. The Bertz CT molecular complexity index is 977. The number of aryl methyl sites for hydroxylation is 2. The molecule has 0 spiro atoms. The molecule has 0 saturated carbocycles. The number of hydrogen-bond acceptors (Lipinski definition) is 3. The van der Waals surface area contributed by atoms with Crippen molar-refractivity contribution in [1.82, 2.24) is 19.6 Å². The second-order valence-electron chi connectivity index (χ2n) is 6.21. The summed E-state index contributed by atoms with van der Waals surface area (Å²) in [5, 5.41) is 10.2. The van der Waals surface area contributed by atoms with Crippen molar-refractivity contribution in [3.05, 3.63) is 65.5 Å². The van der Waals surface area contributed by atoms with Crippen LogP contribution in [-0.4, -0.2) is 25.5 Å². The standard InChI is InChI=1S/C18H17F4N5O/c1-12-8-16(18(20,21)22)25-27(12)7-6-17(28)24-14-9-23-26(11-14)10-13-4-2-3-5-15(13)19/h2-5,8-9,11H,6-7,10H2,1H3,(H,24,28). The summed E-state index contributed by atoms with van der Waals surface area (Å²) in [5.74, 6) is -0.745. The minimum absolute atomic E-state index is 0.0110. The summed E-state index contributed by atoms with van der Waals surface area (Å²) >= 11 is 0. The number of nitrogens with one attached hydrogen (secondary N) is 1. The summed E-state index contributed by atoms with van der Waals surface area (Å²) in [6.45, 7) is 1.71. The zero-order chi connectivity index (χ0) is 20.3. The predicted molar refractivity (Wildman–Crippen MR) is 92.9 cm³/mol. The summed E-state index contributed by atoms with van der Waals surface area (Å²) in [4.78, 5) is 12.1. The van der Waals surface area contributed by atoms with E-state index in [1.165, 1.54) is 23.9 Å². The highest BCUT2D eigenvalue weighted by Crippen LogP contribution is 2.28. The van der Waals surface area contributed by atoms with Crippen molar-refractivity contribution >= 4 is 11.6 Å². The number of hydrogen-bond donors (Lipinski definition) is 1. The third kappa shape index (κ3) is 4.76. The average Bonchev–Trinajstić information content (AvgIpc) is 3.21. The molecule has 1 N–H and O–H groups in total. The highest BCUT2D eigenvalue weighted by Gasteiger charge is 2.34. The lowest BCUT2D eigenvalue weighted by Crippen LogP contribution is -2.16. The molecule has 0 aliphatic rings. The van der Waals surface area contributed by atoms with Crippen LogP contribution in [0.15, 0.2) is 42.7 Å². The van der Waals surface area contributed by atoms with Gasteiger partial charge in [0.15, 0.2) is 5.69 Å². The van der Waals surface area contributed by atoms with Gasteiger partial charge in [-0.3, -0.25) is 14.2 Å². The summed E-state index contributed by atoms with van der Waals surface area (Å²) in [6.07, 6.45) is -1.62. The van der Waals surface area contributed by atoms with E-state index in [0.717, 1.165) is 10.7 Å². The average molecular weight is 395 g/mol. The Morgan fingerprint density at radius 2 is 2.00 bits per heavy atom. The number of amides is 1. The Balaban J connectivity index is 1.55. The quantitative estimate of drug-likeness (QED) is 0.649. The first kappa shape index (κ1) is 19.6. The van der Waals surface area contributed by atoms with E-state index < -0.39 is 17.8 Å². The minimum atomic E-state index is -4.52. The van der Waals surface area contributed by atoms with Gasteiger partial charge in [-0.05, 0) is 19.1 Å². The van der Waals surface area contributed by atoms with E-state index in [1.54, 1.807) is 24.4 Å². The number of nitrogens with zero attached hydrogens (tertiary/aromatic N) is 4. The smallest absolute Gasteiger partial charge is 0.323 e. The lowest BCUT2D eigenvalue weighted by atomic mass is 10.2. The van der Waals surface area contributed by atoms with Crippen LogP contribution in [0.1, 0.15) is 23.4 Å². The molecule has 1 amide bonds. The molecule has 0 saturated heterocycles. The van der Waals surface area contributed by atoms with Crippen molar-refractivity contribution in [2.24, 2.45) is 0 Å². The molecule has 0 radical (unpaired) electrons. The van der Waals surface area contributed by atoms with Crippen molar-refractivity contribution < 1.29 is 22.4 Å². The maximum Gasteiger partial charge on any atom is 0.435 e. The number of carbonyl (C=O) groups excluding carboxylic acids is 1. The fourth-order valence-corrected chi connectivity index (χ4v) is 2.62. The van der Waals surface area contributed by atoms with E-state index >= 15 is 0 Å². The van der Waals surface area contributed by atoms with Crippen LogP contribution < -0.4 is 5.32 Å². The van der Waals surface area contributed by atoms with Gasteiger partial charge in [0, 0.05) is 30.4 Å². The molecule has 0 bridgehead atoms. The van der Waals surface area contributed by atoms with E-state index in [1.807, 2.05) is 0 Å². The van der Waals surface area contributed by atoms with Crippen LogP contribution in [-0.2, 0) is 24.1 Å². The van der Waals surface area contributed by atoms with Crippen LogP contribution in [0.5, 0.6) is 0 Å². The number of benzene rings is 1. The monoisotopic (exact) mass is 395 g/mol. The van der Waals surface area contributed by atoms with Crippen molar-refractivity contribution in [1.29, 1.82) is 0 Å². The van der Waals surface area contributed by atoms with Gasteiger partial charge in [0.05, 0.1) is 18.4 Å².